The van der Waals surface area contributed by atoms with Crippen molar-refractivity contribution in [3.05, 3.63) is 86.4 Å². The van der Waals surface area contributed by atoms with E-state index in [1.54, 1.807) is 28.5 Å². The highest BCUT2D eigenvalue weighted by atomic mass is 35.5. The number of thiazole rings is 1. The quantitative estimate of drug-likeness (QED) is 0.228. The van der Waals surface area contributed by atoms with Crippen molar-refractivity contribution in [3.8, 4) is 6.07 Å². The minimum atomic E-state index is -0.550. The number of pyridine rings is 1. The van der Waals surface area contributed by atoms with Gasteiger partial charge in [-0.1, -0.05) is 28.4 Å². The second-order valence-corrected chi connectivity index (χ2v) is 9.42. The van der Waals surface area contributed by atoms with Gasteiger partial charge in [0.25, 0.3) is 0 Å². The fraction of sp³-hybridized carbons (Fsp3) is 0.125. The van der Waals surface area contributed by atoms with E-state index in [2.05, 4.69) is 37.0 Å². The van der Waals surface area contributed by atoms with Gasteiger partial charge in [-0.3, -0.25) is 4.98 Å². The van der Waals surface area contributed by atoms with Crippen LogP contribution in [0.2, 0.25) is 10.0 Å². The molecule has 3 aromatic heterocycles. The predicted octanol–water partition coefficient (Wildman–Crippen LogP) is 5.54. The van der Waals surface area contributed by atoms with Gasteiger partial charge < -0.3 is 15.7 Å². The first-order valence-corrected chi connectivity index (χ1v) is 12.6. The number of nitrogens with one attached hydrogen (secondary N) is 2. The van der Waals surface area contributed by atoms with Crippen molar-refractivity contribution < 1.29 is 9.50 Å². The lowest BCUT2D eigenvalue weighted by atomic mass is 10.1. The summed E-state index contributed by atoms with van der Waals surface area (Å²) >= 11 is 14.0. The molecule has 0 aliphatic heterocycles. The molecule has 0 amide bonds. The Morgan fingerprint density at radius 1 is 1.14 bits per heavy atom. The van der Waals surface area contributed by atoms with Crippen LogP contribution in [0.25, 0.3) is 10.9 Å². The number of nitriles is 1. The highest BCUT2D eigenvalue weighted by Gasteiger charge is 2.21. The van der Waals surface area contributed by atoms with Gasteiger partial charge in [-0.2, -0.15) is 5.26 Å². The third kappa shape index (κ3) is 5.19. The topological polar surface area (TPSA) is 125 Å². The lowest BCUT2D eigenvalue weighted by Gasteiger charge is -2.18. The van der Waals surface area contributed by atoms with Gasteiger partial charge in [0.1, 0.15) is 23.6 Å². The van der Waals surface area contributed by atoms with Crippen molar-refractivity contribution in [2.45, 2.75) is 12.6 Å². The Labute approximate surface area is 224 Å². The molecular weight excluding hydrogens is 538 g/mol. The largest absolute Gasteiger partial charge is 0.394 e. The average molecular weight is 555 g/mol. The fourth-order valence-corrected chi connectivity index (χ4v) is 4.80. The number of benzene rings is 2. The van der Waals surface area contributed by atoms with Crippen LogP contribution < -0.4 is 10.6 Å². The Hall–Kier alpha value is -3.82. The van der Waals surface area contributed by atoms with Crippen LogP contribution in [0.15, 0.2) is 53.6 Å². The SMILES string of the molecule is N#Cc1cnc2c(Cl)cc(N[C@@H](c3cscn3)c3cn(CCO)nn3)cc2c1Nc1ccc(F)c(Cl)c1. The number of rotatable bonds is 8. The molecule has 5 aromatic rings. The monoisotopic (exact) mass is 554 g/mol. The maximum absolute atomic E-state index is 13.7. The summed E-state index contributed by atoms with van der Waals surface area (Å²) in [4.78, 5) is 8.80. The van der Waals surface area contributed by atoms with E-state index in [1.807, 2.05) is 5.38 Å². The molecule has 0 aliphatic rings. The summed E-state index contributed by atoms with van der Waals surface area (Å²) in [5, 5.41) is 36.6. The smallest absolute Gasteiger partial charge is 0.141 e. The molecule has 0 bridgehead atoms. The molecule has 0 fully saturated rings. The van der Waals surface area contributed by atoms with Gasteiger partial charge in [0.05, 0.1) is 57.4 Å². The van der Waals surface area contributed by atoms with Crippen LogP contribution in [0.4, 0.5) is 21.5 Å². The Morgan fingerprint density at radius 2 is 1.97 bits per heavy atom. The van der Waals surface area contributed by atoms with Crippen LogP contribution in [0.3, 0.4) is 0 Å². The third-order valence-electron chi connectivity index (χ3n) is 5.47. The molecule has 3 heterocycles. The highest BCUT2D eigenvalue weighted by molar-refractivity contribution is 7.07. The van der Waals surface area contributed by atoms with Crippen molar-refractivity contribution in [3.63, 3.8) is 0 Å². The molecule has 37 heavy (non-hydrogen) atoms. The molecule has 13 heteroatoms. The molecule has 3 N–H and O–H groups in total. The van der Waals surface area contributed by atoms with Gasteiger partial charge in [0, 0.05) is 28.3 Å². The summed E-state index contributed by atoms with van der Waals surface area (Å²) in [6, 6.07) is 9.38. The number of aromatic nitrogens is 5. The van der Waals surface area contributed by atoms with Crippen LogP contribution in [0, 0.1) is 17.1 Å². The zero-order valence-corrected chi connectivity index (χ0v) is 21.2. The van der Waals surface area contributed by atoms with Crippen LogP contribution >= 0.6 is 34.5 Å². The lowest BCUT2D eigenvalue weighted by Crippen LogP contribution is -2.13. The van der Waals surface area contributed by atoms with E-state index in [-0.39, 0.29) is 17.2 Å². The van der Waals surface area contributed by atoms with Crippen LogP contribution in [-0.2, 0) is 6.54 Å². The van der Waals surface area contributed by atoms with E-state index in [0.29, 0.717) is 45.2 Å². The molecule has 0 unspecified atom stereocenters. The first-order chi connectivity index (χ1) is 18.0. The maximum Gasteiger partial charge on any atom is 0.141 e. The average Bonchev–Trinajstić information content (AvgIpc) is 3.58. The van der Waals surface area contributed by atoms with E-state index < -0.39 is 11.9 Å². The van der Waals surface area contributed by atoms with E-state index in [9.17, 15) is 14.8 Å². The molecule has 186 valence electrons. The maximum atomic E-state index is 13.7. The molecule has 5 rings (SSSR count). The molecule has 9 nitrogen and oxygen atoms in total. The van der Waals surface area contributed by atoms with Gasteiger partial charge in [-0.25, -0.2) is 14.1 Å². The second kappa shape index (κ2) is 10.7. The van der Waals surface area contributed by atoms with Crippen LogP contribution in [-0.4, -0.2) is 36.7 Å². The van der Waals surface area contributed by atoms with Crippen LogP contribution in [0.5, 0.6) is 0 Å². The van der Waals surface area contributed by atoms with Gasteiger partial charge in [0.2, 0.25) is 0 Å². The summed E-state index contributed by atoms with van der Waals surface area (Å²) in [5.74, 6) is -0.550. The minimum Gasteiger partial charge on any atom is -0.394 e. The Balaban J connectivity index is 1.58. The van der Waals surface area contributed by atoms with Crippen molar-refractivity contribution in [2.75, 3.05) is 17.2 Å². The molecule has 0 saturated heterocycles. The number of hydrogen-bond acceptors (Lipinski definition) is 9. The summed E-state index contributed by atoms with van der Waals surface area (Å²) in [5.41, 5.74) is 5.33. The summed E-state index contributed by atoms with van der Waals surface area (Å²) in [6.45, 7) is 0.241. The normalized spacial score (nSPS) is 11.9. The Morgan fingerprint density at radius 3 is 2.70 bits per heavy atom. The standard InChI is InChI=1S/C24H17Cl2FN8OS/c25-17-6-14(1-2-19(17)27)31-22-13(8-28)9-29-23-16(22)5-15(7-18(23)26)32-24(21-11-37-12-30-21)20-10-35(3-4-36)34-33-20/h1-2,5-7,9-12,24,32,36H,3-4H2,(H,29,31)/t24-/m1/s1. The highest BCUT2D eigenvalue weighted by Crippen LogP contribution is 2.37. The first kappa shape index (κ1) is 24.9. The van der Waals surface area contributed by atoms with E-state index in [4.69, 9.17) is 23.2 Å². The van der Waals surface area contributed by atoms with Gasteiger partial charge in [0.15, 0.2) is 0 Å². The number of halogens is 3. The Bertz CT molecular complexity index is 1620. The zero-order valence-electron chi connectivity index (χ0n) is 18.9. The fourth-order valence-electron chi connectivity index (χ4n) is 3.77. The van der Waals surface area contributed by atoms with Gasteiger partial charge in [-0.05, 0) is 30.3 Å². The van der Waals surface area contributed by atoms with Crippen molar-refractivity contribution >= 4 is 62.5 Å². The molecule has 1 atom stereocenters. The summed E-state index contributed by atoms with van der Waals surface area (Å²) < 4.78 is 15.2. The number of aliphatic hydroxyl groups is 1. The van der Waals surface area contributed by atoms with Crippen molar-refractivity contribution in [1.82, 2.24) is 25.0 Å². The number of hydrogen-bond donors (Lipinski definition) is 3. The molecular formula is C24H17Cl2FN8OS. The molecule has 0 radical (unpaired) electrons. The predicted molar refractivity (Wildman–Crippen MR) is 141 cm³/mol. The van der Waals surface area contributed by atoms with Crippen molar-refractivity contribution in [2.24, 2.45) is 0 Å². The van der Waals surface area contributed by atoms with Crippen molar-refractivity contribution in [1.29, 1.82) is 5.26 Å². The first-order valence-electron chi connectivity index (χ1n) is 10.9. The van der Waals surface area contributed by atoms with E-state index >= 15 is 0 Å². The second-order valence-electron chi connectivity index (χ2n) is 7.89. The minimum absolute atomic E-state index is 0.0531. The van der Waals surface area contributed by atoms with Gasteiger partial charge in [-0.15, -0.1) is 16.4 Å². The number of anilines is 3. The zero-order chi connectivity index (χ0) is 25.9. The third-order valence-corrected chi connectivity index (χ3v) is 6.66. The van der Waals surface area contributed by atoms with Crippen LogP contribution in [0.1, 0.15) is 23.0 Å². The van der Waals surface area contributed by atoms with Gasteiger partial charge >= 0.3 is 0 Å². The number of fused-ring (bicyclic) bond motifs is 1. The summed E-state index contributed by atoms with van der Waals surface area (Å²) in [6.07, 6.45) is 3.16. The molecule has 0 saturated carbocycles. The van der Waals surface area contributed by atoms with E-state index in [1.165, 1.54) is 35.7 Å². The molecule has 0 spiro atoms. The molecule has 2 aromatic carbocycles. The number of aliphatic hydroxyl groups excluding tert-OH is 1. The Kier molecular flexibility index (Phi) is 7.16. The lowest BCUT2D eigenvalue weighted by molar-refractivity contribution is 0.268. The van der Waals surface area contributed by atoms with E-state index in [0.717, 1.165) is 5.69 Å². The number of nitrogens with zero attached hydrogens (tertiary/aromatic N) is 6. The summed E-state index contributed by atoms with van der Waals surface area (Å²) in [7, 11) is 0. The molecule has 0 aliphatic carbocycles.